The molecule has 15 saturated heterocycles. The Balaban J connectivity index is 0.645. The Hall–Kier alpha value is -0.880. The van der Waals surface area contributed by atoms with Crippen LogP contribution < -0.4 is 0 Å². The molecule has 20 nitrogen and oxygen atoms in total. The van der Waals surface area contributed by atoms with Crippen molar-refractivity contribution in [3.8, 4) is 0 Å². The normalized spacial score (nSPS) is 56.9. The second kappa shape index (κ2) is 21.1. The molecule has 15 rings (SSSR count). The molecule has 0 radical (unpaired) electrons. The summed E-state index contributed by atoms with van der Waals surface area (Å²) in [6, 6.07) is 0. The lowest BCUT2D eigenvalue weighted by molar-refractivity contribution is -0.362. The van der Waals surface area contributed by atoms with E-state index in [2.05, 4.69) is 49.6 Å². The van der Waals surface area contributed by atoms with E-state index < -0.39 is 82.0 Å². The van der Waals surface area contributed by atoms with Crippen molar-refractivity contribution in [2.75, 3.05) is 6.61 Å². The Kier molecular flexibility index (Phi) is 14.8. The zero-order valence-corrected chi connectivity index (χ0v) is 48.8. The molecule has 31 atom stereocenters. The number of aliphatic hydroxyl groups excluding tert-OH is 3. The van der Waals surface area contributed by atoms with E-state index in [1.54, 1.807) is 0 Å². The summed E-state index contributed by atoms with van der Waals surface area (Å²) in [4.78, 5) is 14.7. The highest BCUT2D eigenvalue weighted by Gasteiger charge is 2.72. The largest absolute Gasteiger partial charge is 0.394 e. The fraction of sp³-hybridized carbons (Fsp3) is 0.917. The van der Waals surface area contributed by atoms with Crippen molar-refractivity contribution in [2.24, 2.45) is 17.8 Å². The van der Waals surface area contributed by atoms with E-state index in [9.17, 15) is 30.3 Å². The van der Waals surface area contributed by atoms with Crippen LogP contribution in [-0.2, 0) is 71.1 Å². The first kappa shape index (κ1) is 56.6. The molecular weight excluding hydrogens is 1170 g/mol. The van der Waals surface area contributed by atoms with E-state index in [1.807, 2.05) is 0 Å². The van der Waals surface area contributed by atoms with Crippen LogP contribution in [0, 0.1) is 17.8 Å². The van der Waals surface area contributed by atoms with Gasteiger partial charge in [-0.2, -0.15) is 0 Å². The van der Waals surface area contributed by atoms with Crippen LogP contribution in [0.5, 0.6) is 0 Å². The average molecular weight is 1250 g/mol. The Morgan fingerprint density at radius 2 is 1.27 bits per heavy atom. The molecule has 15 fully saturated rings. The molecule has 10 bridgehead atoms. The molecule has 0 aromatic carbocycles. The topological polar surface area (TPSA) is 247 Å². The van der Waals surface area contributed by atoms with Crippen molar-refractivity contribution in [1.29, 1.82) is 0 Å². The van der Waals surface area contributed by atoms with Crippen LogP contribution >= 0.6 is 22.6 Å². The van der Waals surface area contributed by atoms with Crippen molar-refractivity contribution < 1.29 is 96.6 Å². The average Bonchev–Trinajstić information content (AvgIpc) is 4.37. The summed E-state index contributed by atoms with van der Waals surface area (Å²) in [5.74, 6) is -5.77. The number of ketones is 1. The SMILES string of the molecule is C=C1C[C@@H]2CC[C@]34OC([C@@H]5O[C@H]6CC[C@H](CC(=O)C[C@@H]7C[C@@H]8O[C@@H]9C[C@]%10(C[C@@H]%11O[C@@]%12(CC[C@@H]%11O%10)C[C@H](C)[C@@H]%10O[C@@H]%11C[C@@H]([C@@H](O)CO)O[C@@H]%11C[C@@H]%10O%12)O[C@@H]9C[C@@H]8O[C@H]7C[C@H]7O[C@@H](CC[C@@H]1O2)C[C@@H](C)C7=C)O[C@@H]6[C@H](O3)C5I)C(O)(O)[C@H]4O. The molecular formula is C60H85IO20. The third kappa shape index (κ3) is 9.89. The molecule has 15 heterocycles. The second-order valence-electron chi connectivity index (χ2n) is 27.7. The lowest BCUT2D eigenvalue weighted by Crippen LogP contribution is -2.68. The molecule has 5 N–H and O–H groups in total. The maximum atomic E-state index is 14.7. The first-order valence-corrected chi connectivity index (χ1v) is 32.3. The summed E-state index contributed by atoms with van der Waals surface area (Å²) in [5.41, 5.74) is 2.03. The van der Waals surface area contributed by atoms with Gasteiger partial charge in [0, 0.05) is 70.6 Å². The predicted molar refractivity (Wildman–Crippen MR) is 288 cm³/mol. The highest BCUT2D eigenvalue weighted by atomic mass is 127. The van der Waals surface area contributed by atoms with E-state index in [0.29, 0.717) is 89.9 Å². The van der Waals surface area contributed by atoms with Crippen LogP contribution in [0.25, 0.3) is 0 Å². The zero-order chi connectivity index (χ0) is 55.6. The zero-order valence-electron chi connectivity index (χ0n) is 46.7. The highest BCUT2D eigenvalue weighted by Crippen LogP contribution is 2.57. The maximum Gasteiger partial charge on any atom is 0.224 e. The first-order chi connectivity index (χ1) is 38.8. The number of aliphatic hydroxyl groups is 5. The van der Waals surface area contributed by atoms with Gasteiger partial charge >= 0.3 is 0 Å². The van der Waals surface area contributed by atoms with E-state index in [-0.39, 0.29) is 141 Å². The van der Waals surface area contributed by atoms with E-state index in [0.717, 1.165) is 30.4 Å². The summed E-state index contributed by atoms with van der Waals surface area (Å²) in [5, 5.41) is 54.6. The van der Waals surface area contributed by atoms with Crippen LogP contribution in [0.1, 0.15) is 142 Å². The number of Topliss-reactive ketones (excluding diaryl/α,β-unsaturated/α-hetero) is 1. The first-order valence-electron chi connectivity index (χ1n) is 31.1. The van der Waals surface area contributed by atoms with Crippen molar-refractivity contribution in [2.45, 2.75) is 316 Å². The molecule has 0 aliphatic carbocycles. The summed E-state index contributed by atoms with van der Waals surface area (Å²) in [6.45, 7) is 13.1. The van der Waals surface area contributed by atoms with Gasteiger partial charge in [-0.15, -0.1) is 0 Å². The molecule has 2 unspecified atom stereocenters. The number of carbonyl (C=O) groups excluding carboxylic acids is 1. The van der Waals surface area contributed by atoms with Gasteiger partial charge < -0.3 is 91.8 Å². The van der Waals surface area contributed by atoms with Crippen molar-refractivity contribution in [3.05, 3.63) is 24.3 Å². The summed E-state index contributed by atoms with van der Waals surface area (Å²) in [6.07, 6.45) is 0.847. The van der Waals surface area contributed by atoms with Gasteiger partial charge in [-0.3, -0.25) is 4.79 Å². The second-order valence-corrected chi connectivity index (χ2v) is 29.1. The molecule has 0 aromatic rings. The molecule has 452 valence electrons. The maximum absolute atomic E-state index is 14.7. The Labute approximate surface area is 487 Å². The van der Waals surface area contributed by atoms with Crippen LogP contribution in [0.2, 0.25) is 0 Å². The van der Waals surface area contributed by atoms with E-state index >= 15 is 0 Å². The lowest BCUT2D eigenvalue weighted by Gasteiger charge is -2.53. The van der Waals surface area contributed by atoms with Crippen molar-refractivity contribution in [3.63, 3.8) is 0 Å². The molecule has 0 amide bonds. The number of hydrogen-bond acceptors (Lipinski definition) is 20. The van der Waals surface area contributed by atoms with E-state index in [4.69, 9.17) is 66.3 Å². The van der Waals surface area contributed by atoms with Crippen LogP contribution in [0.4, 0.5) is 0 Å². The Morgan fingerprint density at radius 3 is 2.12 bits per heavy atom. The highest BCUT2D eigenvalue weighted by molar-refractivity contribution is 14.1. The quantitative estimate of drug-likeness (QED) is 0.113. The third-order valence-electron chi connectivity index (χ3n) is 22.2. The number of alkyl halides is 1. The number of halogens is 1. The fourth-order valence-electron chi connectivity index (χ4n) is 18.1. The van der Waals surface area contributed by atoms with Gasteiger partial charge in [0.05, 0.1) is 120 Å². The fourth-order valence-corrected chi connectivity index (χ4v) is 19.2. The molecule has 3 spiro atoms. The van der Waals surface area contributed by atoms with Gasteiger partial charge in [-0.25, -0.2) is 0 Å². The van der Waals surface area contributed by atoms with Gasteiger partial charge in [-0.1, -0.05) is 49.6 Å². The molecule has 21 heteroatoms. The number of carbonyl (C=O) groups is 1. The van der Waals surface area contributed by atoms with Crippen molar-refractivity contribution >= 4 is 28.4 Å². The van der Waals surface area contributed by atoms with Gasteiger partial charge in [0.2, 0.25) is 11.6 Å². The van der Waals surface area contributed by atoms with Crippen molar-refractivity contribution in [1.82, 2.24) is 0 Å². The van der Waals surface area contributed by atoms with Gasteiger partial charge in [0.25, 0.3) is 0 Å². The number of hydrogen-bond donors (Lipinski definition) is 5. The molecule has 15 aliphatic heterocycles. The number of ether oxygens (including phenoxy) is 14. The third-order valence-corrected chi connectivity index (χ3v) is 23.6. The molecule has 0 saturated carbocycles. The summed E-state index contributed by atoms with van der Waals surface area (Å²) in [7, 11) is 0. The number of fused-ring (bicyclic) bond motifs is 14. The molecule has 0 aromatic heterocycles. The van der Waals surface area contributed by atoms with Crippen LogP contribution in [0.15, 0.2) is 24.3 Å². The minimum absolute atomic E-state index is 0.0547. The predicted octanol–water partition coefficient (Wildman–Crippen LogP) is 4.19. The lowest BCUT2D eigenvalue weighted by atomic mass is 9.78. The van der Waals surface area contributed by atoms with Crippen LogP contribution in [-0.4, -0.2) is 211 Å². The minimum Gasteiger partial charge on any atom is -0.394 e. The standard InChI is InChI=1S/C60H85IO20/c1-26-13-32-5-7-36-27(2)14-34(68-36)9-12-59-56(65)60(66,67)55(81-59)54-50(61)53(80-59)52-38(74-54)8-6-33(70-52)17-31(63)15-30-16-42-43(71-40(30)18-39(69-32)29(26)4)20-46-48(73-42)23-58(77-46)24-49-37(76-58)10-11-57(79-49)22-28(3)51-47(78-57)21-44-45(75-51)19-41(72-44)35(64)25-62/h26,28,30,32-56,62,64-67H,2,4-25H2,1,3H3/t26-,28+,30-,32+,33-,34+,35+,36+,37+,38+,39-,40+,41+,42+,43+,44-,45-,46-,47+,48-,49+,50?,51+,52+,53-,54-,55?,56+,57+,58-,59-/m1/s1. The van der Waals surface area contributed by atoms with Gasteiger partial charge in [0.15, 0.2) is 17.7 Å². The van der Waals surface area contributed by atoms with Crippen LogP contribution in [0.3, 0.4) is 0 Å². The Morgan fingerprint density at radius 1 is 0.568 bits per heavy atom. The molecule has 81 heavy (non-hydrogen) atoms. The minimum atomic E-state index is -2.62. The smallest absolute Gasteiger partial charge is 0.224 e. The monoisotopic (exact) mass is 1250 g/mol. The summed E-state index contributed by atoms with van der Waals surface area (Å²) < 4.78 is 95.2. The molecule has 15 aliphatic rings. The van der Waals surface area contributed by atoms with Gasteiger partial charge in [0.1, 0.15) is 36.3 Å². The Bertz CT molecular complexity index is 2420. The summed E-state index contributed by atoms with van der Waals surface area (Å²) >= 11 is 2.24. The van der Waals surface area contributed by atoms with Gasteiger partial charge in [-0.05, 0) is 86.7 Å². The number of rotatable bonds is 2. The van der Waals surface area contributed by atoms with E-state index in [1.165, 1.54) is 0 Å².